The molecule has 3 rings (SSSR count). The molecule has 1 aliphatic heterocycles. The van der Waals surface area contributed by atoms with E-state index in [2.05, 4.69) is 22.0 Å². The number of carbonyl (C=O) groups is 1. The van der Waals surface area contributed by atoms with Gasteiger partial charge in [-0.05, 0) is 37.1 Å². The van der Waals surface area contributed by atoms with Crippen molar-refractivity contribution < 1.29 is 9.90 Å². The summed E-state index contributed by atoms with van der Waals surface area (Å²) < 4.78 is 0. The second kappa shape index (κ2) is 6.79. The summed E-state index contributed by atoms with van der Waals surface area (Å²) in [4.78, 5) is 20.8. The van der Waals surface area contributed by atoms with E-state index in [1.165, 1.54) is 5.56 Å². The molecule has 1 N–H and O–H groups in total. The van der Waals surface area contributed by atoms with Gasteiger partial charge < -0.3 is 14.9 Å². The highest BCUT2D eigenvalue weighted by Gasteiger charge is 2.22. The maximum absolute atomic E-state index is 12.5. The summed E-state index contributed by atoms with van der Waals surface area (Å²) in [7, 11) is 0. The molecule has 0 radical (unpaired) electrons. The normalized spacial score (nSPS) is 13.0. The van der Waals surface area contributed by atoms with Crippen LogP contribution in [-0.2, 0) is 6.42 Å². The molecule has 5 heteroatoms. The fourth-order valence-corrected chi connectivity index (χ4v) is 2.95. The number of benzene rings is 1. The molecule has 0 unspecified atom stereocenters. The van der Waals surface area contributed by atoms with Crippen molar-refractivity contribution in [2.75, 3.05) is 31.1 Å². The molecule has 2 heterocycles. The van der Waals surface area contributed by atoms with Gasteiger partial charge in [-0.25, -0.2) is 4.98 Å². The van der Waals surface area contributed by atoms with Crippen LogP contribution in [0.4, 0.5) is 11.5 Å². The molecular weight excluding hydrogens is 290 g/mol. The number of rotatable bonds is 5. The van der Waals surface area contributed by atoms with Crippen molar-refractivity contribution in [1.82, 2.24) is 9.88 Å². The standard InChI is InChI=1S/C18H21N3O2/c1-2-20(12-13-22)18(23)15-7-5-9-17(19-15)21-11-10-14-6-3-4-8-16(14)21/h3-9,22H,2,10-13H2,1H3. The van der Waals surface area contributed by atoms with Crippen molar-refractivity contribution in [2.24, 2.45) is 0 Å². The molecule has 0 saturated carbocycles. The topological polar surface area (TPSA) is 56.7 Å². The molecule has 1 aromatic heterocycles. The summed E-state index contributed by atoms with van der Waals surface area (Å²) in [5.74, 6) is 0.650. The van der Waals surface area contributed by atoms with Crippen molar-refractivity contribution in [1.29, 1.82) is 0 Å². The van der Waals surface area contributed by atoms with Crippen LogP contribution in [0, 0.1) is 0 Å². The van der Waals surface area contributed by atoms with Crippen LogP contribution in [0.25, 0.3) is 0 Å². The number of anilines is 2. The number of amides is 1. The zero-order valence-corrected chi connectivity index (χ0v) is 13.3. The Bertz CT molecular complexity index is 702. The van der Waals surface area contributed by atoms with Gasteiger partial charge in [-0.2, -0.15) is 0 Å². The lowest BCUT2D eigenvalue weighted by molar-refractivity contribution is 0.0726. The minimum absolute atomic E-state index is 0.0429. The fraction of sp³-hybridized carbons (Fsp3) is 0.333. The van der Waals surface area contributed by atoms with Crippen molar-refractivity contribution in [2.45, 2.75) is 13.3 Å². The zero-order chi connectivity index (χ0) is 16.2. The molecule has 0 fully saturated rings. The third-order valence-corrected chi connectivity index (χ3v) is 4.16. The molecule has 1 amide bonds. The van der Waals surface area contributed by atoms with E-state index in [-0.39, 0.29) is 12.5 Å². The molecule has 0 bridgehead atoms. The van der Waals surface area contributed by atoms with E-state index >= 15 is 0 Å². The SMILES string of the molecule is CCN(CCO)C(=O)c1cccc(N2CCc3ccccc32)n1. The van der Waals surface area contributed by atoms with Gasteiger partial charge in [0.05, 0.1) is 6.61 Å². The molecule has 120 valence electrons. The zero-order valence-electron chi connectivity index (χ0n) is 13.3. The van der Waals surface area contributed by atoms with Crippen LogP contribution in [0.5, 0.6) is 0 Å². The van der Waals surface area contributed by atoms with Crippen molar-refractivity contribution >= 4 is 17.4 Å². The Morgan fingerprint density at radius 1 is 1.26 bits per heavy atom. The summed E-state index contributed by atoms with van der Waals surface area (Å²) in [5.41, 5.74) is 2.89. The Balaban J connectivity index is 1.88. The Morgan fingerprint density at radius 3 is 2.87 bits per heavy atom. The number of pyridine rings is 1. The molecular formula is C18H21N3O2. The monoisotopic (exact) mass is 311 g/mol. The Morgan fingerprint density at radius 2 is 2.09 bits per heavy atom. The van der Waals surface area contributed by atoms with E-state index in [1.807, 2.05) is 31.2 Å². The van der Waals surface area contributed by atoms with Crippen molar-refractivity contribution in [3.05, 3.63) is 53.7 Å². The first-order valence-electron chi connectivity index (χ1n) is 7.97. The minimum Gasteiger partial charge on any atom is -0.395 e. The van der Waals surface area contributed by atoms with Gasteiger partial charge in [0.15, 0.2) is 0 Å². The second-order valence-corrected chi connectivity index (χ2v) is 5.52. The predicted molar refractivity (Wildman–Crippen MR) is 90.1 cm³/mol. The highest BCUT2D eigenvalue weighted by molar-refractivity contribution is 5.92. The maximum Gasteiger partial charge on any atom is 0.272 e. The van der Waals surface area contributed by atoms with E-state index in [9.17, 15) is 4.79 Å². The van der Waals surface area contributed by atoms with Crippen molar-refractivity contribution in [3.63, 3.8) is 0 Å². The molecule has 5 nitrogen and oxygen atoms in total. The van der Waals surface area contributed by atoms with E-state index in [1.54, 1.807) is 11.0 Å². The van der Waals surface area contributed by atoms with Crippen LogP contribution in [0.3, 0.4) is 0 Å². The number of fused-ring (bicyclic) bond motifs is 1. The Labute approximate surface area is 136 Å². The van der Waals surface area contributed by atoms with E-state index in [0.29, 0.717) is 18.8 Å². The molecule has 0 atom stereocenters. The molecule has 23 heavy (non-hydrogen) atoms. The summed E-state index contributed by atoms with van der Waals surface area (Å²) in [6.07, 6.45) is 0.988. The predicted octanol–water partition coefficient (Wildman–Crippen LogP) is 2.23. The van der Waals surface area contributed by atoms with Gasteiger partial charge in [-0.15, -0.1) is 0 Å². The number of carbonyl (C=O) groups excluding carboxylic acids is 1. The molecule has 1 aliphatic rings. The second-order valence-electron chi connectivity index (χ2n) is 5.52. The van der Waals surface area contributed by atoms with E-state index < -0.39 is 0 Å². The van der Waals surface area contributed by atoms with E-state index in [4.69, 9.17) is 5.11 Å². The van der Waals surface area contributed by atoms with E-state index in [0.717, 1.165) is 24.5 Å². The fourth-order valence-electron chi connectivity index (χ4n) is 2.95. The molecule has 1 aromatic carbocycles. The lowest BCUT2D eigenvalue weighted by Gasteiger charge is -2.21. The number of aromatic nitrogens is 1. The van der Waals surface area contributed by atoms with Gasteiger partial charge in [0.25, 0.3) is 5.91 Å². The molecule has 0 spiro atoms. The van der Waals surface area contributed by atoms with Crippen LogP contribution in [0.1, 0.15) is 23.0 Å². The number of aliphatic hydroxyl groups is 1. The number of aliphatic hydroxyl groups excluding tert-OH is 1. The first-order valence-corrected chi connectivity index (χ1v) is 7.97. The number of para-hydroxylation sites is 1. The van der Waals surface area contributed by atoms with Crippen LogP contribution >= 0.6 is 0 Å². The van der Waals surface area contributed by atoms with Crippen LogP contribution in [0.15, 0.2) is 42.5 Å². The van der Waals surface area contributed by atoms with Gasteiger partial charge in [-0.1, -0.05) is 24.3 Å². The number of nitrogens with zero attached hydrogens (tertiary/aromatic N) is 3. The van der Waals surface area contributed by atoms with Gasteiger partial charge >= 0.3 is 0 Å². The lowest BCUT2D eigenvalue weighted by atomic mass is 10.2. The first-order chi connectivity index (χ1) is 11.2. The molecule has 0 aliphatic carbocycles. The van der Waals surface area contributed by atoms with Gasteiger partial charge in [0.1, 0.15) is 11.5 Å². The first kappa shape index (κ1) is 15.5. The van der Waals surface area contributed by atoms with Gasteiger partial charge in [0, 0.05) is 25.3 Å². The smallest absolute Gasteiger partial charge is 0.272 e. The quantitative estimate of drug-likeness (QED) is 0.920. The maximum atomic E-state index is 12.5. The number of hydrogen-bond donors (Lipinski definition) is 1. The summed E-state index contributed by atoms with van der Waals surface area (Å²) in [5, 5.41) is 9.08. The van der Waals surface area contributed by atoms with Gasteiger partial charge in [-0.3, -0.25) is 4.79 Å². The summed E-state index contributed by atoms with van der Waals surface area (Å²) in [6.45, 7) is 3.61. The number of likely N-dealkylation sites (N-methyl/N-ethyl adjacent to an activating group) is 1. The number of hydrogen-bond acceptors (Lipinski definition) is 4. The average Bonchev–Trinajstić information content (AvgIpc) is 3.03. The average molecular weight is 311 g/mol. The minimum atomic E-state index is -0.143. The third-order valence-electron chi connectivity index (χ3n) is 4.16. The highest BCUT2D eigenvalue weighted by atomic mass is 16.3. The summed E-state index contributed by atoms with van der Waals surface area (Å²) in [6, 6.07) is 13.8. The molecule has 2 aromatic rings. The van der Waals surface area contributed by atoms with Crippen molar-refractivity contribution in [3.8, 4) is 0 Å². The highest BCUT2D eigenvalue weighted by Crippen LogP contribution is 2.33. The Kier molecular flexibility index (Phi) is 4.57. The summed E-state index contributed by atoms with van der Waals surface area (Å²) >= 11 is 0. The van der Waals surface area contributed by atoms with Crippen LogP contribution in [-0.4, -0.2) is 47.1 Å². The molecule has 0 saturated heterocycles. The Hall–Kier alpha value is -2.40. The van der Waals surface area contributed by atoms with Crippen LogP contribution in [0.2, 0.25) is 0 Å². The lowest BCUT2D eigenvalue weighted by Crippen LogP contribution is -2.34. The largest absolute Gasteiger partial charge is 0.395 e. The third kappa shape index (κ3) is 3.05. The van der Waals surface area contributed by atoms with Crippen LogP contribution < -0.4 is 4.90 Å². The van der Waals surface area contributed by atoms with Gasteiger partial charge in [0.2, 0.25) is 0 Å².